The van der Waals surface area contributed by atoms with E-state index in [1.54, 1.807) is 0 Å². The number of sulfonamides is 1. The Labute approximate surface area is 136 Å². The Hall–Kier alpha value is -1.45. The molecule has 0 aliphatic heterocycles. The molecule has 1 saturated carbocycles. The van der Waals surface area contributed by atoms with E-state index < -0.39 is 28.6 Å². The largest absolute Gasteiger partial charge is 0.466 e. The lowest BCUT2D eigenvalue weighted by Gasteiger charge is -2.09. The van der Waals surface area contributed by atoms with Crippen LogP contribution in [0.2, 0.25) is 0 Å². The van der Waals surface area contributed by atoms with E-state index in [1.165, 1.54) is 25.3 Å². The van der Waals surface area contributed by atoms with E-state index in [-0.39, 0.29) is 16.5 Å². The number of rotatable bonds is 6. The number of hydrogen-bond acceptors (Lipinski definition) is 6. The minimum absolute atomic E-state index is 0.0163. The molecule has 0 atom stereocenters. The summed E-state index contributed by atoms with van der Waals surface area (Å²) in [5, 5.41) is 0. The molecule has 7 nitrogen and oxygen atoms in total. The quantitative estimate of drug-likeness (QED) is 0.731. The van der Waals surface area contributed by atoms with Gasteiger partial charge in [0.2, 0.25) is 10.0 Å². The van der Waals surface area contributed by atoms with Crippen molar-refractivity contribution in [1.29, 1.82) is 0 Å². The van der Waals surface area contributed by atoms with Crippen LogP contribution < -0.4 is 4.72 Å². The maximum atomic E-state index is 12.1. The molecule has 0 spiro atoms. The fourth-order valence-corrected chi connectivity index (χ4v) is 3.32. The van der Waals surface area contributed by atoms with Crippen LogP contribution >= 0.6 is 15.9 Å². The van der Waals surface area contributed by atoms with Gasteiger partial charge in [-0.3, -0.25) is 0 Å². The number of ether oxygens (including phenoxy) is 2. The minimum atomic E-state index is -3.68. The predicted octanol–water partition coefficient (Wildman–Crippen LogP) is 1.22. The smallest absolute Gasteiger partial charge is 0.344 e. The summed E-state index contributed by atoms with van der Waals surface area (Å²) < 4.78 is 36.3. The van der Waals surface area contributed by atoms with E-state index in [0.29, 0.717) is 4.47 Å². The number of nitrogens with one attached hydrogen (secondary N) is 1. The van der Waals surface area contributed by atoms with Crippen molar-refractivity contribution in [2.75, 3.05) is 13.7 Å². The van der Waals surface area contributed by atoms with Gasteiger partial charge < -0.3 is 9.47 Å². The Morgan fingerprint density at radius 3 is 2.64 bits per heavy atom. The highest BCUT2D eigenvalue weighted by molar-refractivity contribution is 9.10. The standard InChI is InChI=1S/C13H14BrNO6S/c1-20-12(16)7-21-13(17)10-6-9(4-5-11(10)14)22(18,19)15-8-2-3-8/h4-6,8,15H,2-3,7H2,1H3. The van der Waals surface area contributed by atoms with Crippen molar-refractivity contribution in [2.24, 2.45) is 0 Å². The summed E-state index contributed by atoms with van der Waals surface area (Å²) in [5.41, 5.74) is 0.0163. The second-order valence-electron chi connectivity index (χ2n) is 4.69. The van der Waals surface area contributed by atoms with Crippen LogP contribution in [0.15, 0.2) is 27.6 Å². The van der Waals surface area contributed by atoms with Crippen molar-refractivity contribution in [1.82, 2.24) is 4.72 Å². The molecular formula is C13H14BrNO6S. The van der Waals surface area contributed by atoms with E-state index in [1.807, 2.05) is 0 Å². The van der Waals surface area contributed by atoms with Gasteiger partial charge in [-0.05, 0) is 47.0 Å². The van der Waals surface area contributed by atoms with Gasteiger partial charge in [0, 0.05) is 10.5 Å². The second-order valence-corrected chi connectivity index (χ2v) is 7.26. The number of carbonyl (C=O) groups excluding carboxylic acids is 2. The molecule has 1 fully saturated rings. The zero-order valence-electron chi connectivity index (χ0n) is 11.7. The van der Waals surface area contributed by atoms with Gasteiger partial charge in [-0.25, -0.2) is 22.7 Å². The monoisotopic (exact) mass is 391 g/mol. The molecule has 9 heteroatoms. The summed E-state index contributed by atoms with van der Waals surface area (Å²) in [4.78, 5) is 22.9. The summed E-state index contributed by atoms with van der Waals surface area (Å²) in [6.07, 6.45) is 1.62. The average Bonchev–Trinajstić information content (AvgIpc) is 3.27. The maximum Gasteiger partial charge on any atom is 0.344 e. The number of esters is 2. The van der Waals surface area contributed by atoms with Gasteiger partial charge in [0.25, 0.3) is 0 Å². The van der Waals surface area contributed by atoms with Gasteiger partial charge in [0.1, 0.15) is 0 Å². The summed E-state index contributed by atoms with van der Waals surface area (Å²) >= 11 is 3.15. The molecule has 0 saturated heterocycles. The molecule has 0 radical (unpaired) electrons. The molecule has 2 rings (SSSR count). The first-order chi connectivity index (χ1) is 10.3. The molecule has 0 bridgehead atoms. The van der Waals surface area contributed by atoms with Crippen LogP contribution in [0.4, 0.5) is 0 Å². The van der Waals surface area contributed by atoms with E-state index in [2.05, 4.69) is 25.4 Å². The predicted molar refractivity (Wildman–Crippen MR) is 79.8 cm³/mol. The molecule has 1 N–H and O–H groups in total. The van der Waals surface area contributed by atoms with Crippen molar-refractivity contribution >= 4 is 37.9 Å². The minimum Gasteiger partial charge on any atom is -0.466 e. The second kappa shape index (κ2) is 6.76. The Balaban J connectivity index is 2.19. The van der Waals surface area contributed by atoms with Crippen LogP contribution in [0.5, 0.6) is 0 Å². The molecule has 1 aromatic rings. The lowest BCUT2D eigenvalue weighted by Crippen LogP contribution is -2.26. The normalized spacial score (nSPS) is 14.5. The van der Waals surface area contributed by atoms with E-state index >= 15 is 0 Å². The Kier molecular flexibility index (Phi) is 5.20. The fraction of sp³-hybridized carbons (Fsp3) is 0.385. The molecule has 1 aliphatic rings. The molecule has 0 unspecified atom stereocenters. The third kappa shape index (κ3) is 4.28. The van der Waals surface area contributed by atoms with Crippen molar-refractivity contribution in [3.8, 4) is 0 Å². The molecule has 1 aromatic carbocycles. The number of carbonyl (C=O) groups is 2. The summed E-state index contributed by atoms with van der Waals surface area (Å²) in [5.74, 6) is -1.52. The third-order valence-electron chi connectivity index (χ3n) is 2.92. The number of halogens is 1. The van der Waals surface area contributed by atoms with Gasteiger partial charge in [0.05, 0.1) is 17.6 Å². The highest BCUT2D eigenvalue weighted by atomic mass is 79.9. The highest BCUT2D eigenvalue weighted by Crippen LogP contribution is 2.25. The number of hydrogen-bond donors (Lipinski definition) is 1. The van der Waals surface area contributed by atoms with Gasteiger partial charge in [-0.2, -0.15) is 0 Å². The van der Waals surface area contributed by atoms with Crippen LogP contribution in [0.1, 0.15) is 23.2 Å². The topological polar surface area (TPSA) is 98.8 Å². The maximum absolute atomic E-state index is 12.1. The highest BCUT2D eigenvalue weighted by Gasteiger charge is 2.28. The first kappa shape index (κ1) is 16.9. The van der Waals surface area contributed by atoms with E-state index in [9.17, 15) is 18.0 Å². The van der Waals surface area contributed by atoms with Crippen LogP contribution in [0, 0.1) is 0 Å². The van der Waals surface area contributed by atoms with Gasteiger partial charge >= 0.3 is 11.9 Å². The van der Waals surface area contributed by atoms with Crippen LogP contribution in [-0.2, 0) is 24.3 Å². The number of methoxy groups -OCH3 is 1. The molecule has 0 aromatic heterocycles. The summed E-state index contributed by atoms with van der Waals surface area (Å²) in [6.45, 7) is -0.543. The number of benzene rings is 1. The first-order valence-electron chi connectivity index (χ1n) is 6.39. The molecule has 0 amide bonds. The van der Waals surface area contributed by atoms with Gasteiger partial charge in [-0.1, -0.05) is 0 Å². The van der Waals surface area contributed by atoms with Crippen molar-refractivity contribution < 1.29 is 27.5 Å². The summed E-state index contributed by atoms with van der Waals surface area (Å²) in [7, 11) is -2.51. The zero-order valence-corrected chi connectivity index (χ0v) is 14.1. The van der Waals surface area contributed by atoms with Crippen LogP contribution in [0.3, 0.4) is 0 Å². The van der Waals surface area contributed by atoms with Crippen LogP contribution in [0.25, 0.3) is 0 Å². The zero-order chi connectivity index (χ0) is 16.3. The third-order valence-corrected chi connectivity index (χ3v) is 5.13. The lowest BCUT2D eigenvalue weighted by atomic mass is 10.2. The molecule has 22 heavy (non-hydrogen) atoms. The fourth-order valence-electron chi connectivity index (χ4n) is 1.58. The Morgan fingerprint density at radius 1 is 1.36 bits per heavy atom. The van der Waals surface area contributed by atoms with Crippen molar-refractivity contribution in [2.45, 2.75) is 23.8 Å². The molecule has 0 heterocycles. The average molecular weight is 392 g/mol. The molecule has 1 aliphatic carbocycles. The lowest BCUT2D eigenvalue weighted by molar-refractivity contribution is -0.144. The molecular weight excluding hydrogens is 378 g/mol. The first-order valence-corrected chi connectivity index (χ1v) is 8.67. The van der Waals surface area contributed by atoms with Gasteiger partial charge in [0.15, 0.2) is 6.61 Å². The Bertz CT molecular complexity index is 698. The van der Waals surface area contributed by atoms with Crippen molar-refractivity contribution in [3.05, 3.63) is 28.2 Å². The SMILES string of the molecule is COC(=O)COC(=O)c1cc(S(=O)(=O)NC2CC2)ccc1Br. The van der Waals surface area contributed by atoms with Crippen LogP contribution in [-0.4, -0.2) is 40.1 Å². The van der Waals surface area contributed by atoms with E-state index in [0.717, 1.165) is 12.8 Å². The Morgan fingerprint density at radius 2 is 2.05 bits per heavy atom. The molecule has 120 valence electrons. The van der Waals surface area contributed by atoms with Gasteiger partial charge in [-0.15, -0.1) is 0 Å². The van der Waals surface area contributed by atoms with Crippen molar-refractivity contribution in [3.63, 3.8) is 0 Å². The van der Waals surface area contributed by atoms with E-state index in [4.69, 9.17) is 4.74 Å². The summed E-state index contributed by atoms with van der Waals surface area (Å²) in [6, 6.07) is 3.99.